The molecule has 0 aliphatic carbocycles. The maximum atomic E-state index is 13.9. The summed E-state index contributed by atoms with van der Waals surface area (Å²) in [6, 6.07) is 3.26. The van der Waals surface area contributed by atoms with Crippen molar-refractivity contribution in [2.24, 2.45) is 0 Å². The van der Waals surface area contributed by atoms with Crippen LogP contribution >= 0.6 is 0 Å². The van der Waals surface area contributed by atoms with E-state index in [0.717, 1.165) is 43.2 Å². The van der Waals surface area contributed by atoms with Crippen LogP contribution in [0, 0.1) is 19.7 Å². The molecule has 2 aromatic heterocycles. The molecule has 1 saturated heterocycles. The van der Waals surface area contributed by atoms with Crippen molar-refractivity contribution in [2.45, 2.75) is 13.8 Å². The highest BCUT2D eigenvalue weighted by Gasteiger charge is 2.20. The summed E-state index contributed by atoms with van der Waals surface area (Å²) in [6.45, 7) is 7.12. The monoisotopic (exact) mass is 300 g/mol. The van der Waals surface area contributed by atoms with E-state index in [1.807, 2.05) is 6.92 Å². The lowest BCUT2D eigenvalue weighted by Crippen LogP contribution is -2.44. The van der Waals surface area contributed by atoms with Gasteiger partial charge in [-0.25, -0.2) is 18.9 Å². The Kier molecular flexibility index (Phi) is 2.97. The van der Waals surface area contributed by atoms with E-state index >= 15 is 0 Å². The Bertz CT molecular complexity index is 865. The number of hydrogen-bond donors (Lipinski definition) is 1. The fraction of sp³-hybridized carbons (Fsp3) is 0.400. The second-order valence-corrected chi connectivity index (χ2v) is 5.66. The van der Waals surface area contributed by atoms with E-state index in [1.165, 1.54) is 6.07 Å². The largest absolute Gasteiger partial charge is 0.351 e. The molecule has 7 heteroatoms. The smallest absolute Gasteiger partial charge is 0.199 e. The van der Waals surface area contributed by atoms with Gasteiger partial charge in [-0.05, 0) is 25.5 Å². The van der Waals surface area contributed by atoms with Crippen LogP contribution in [0.5, 0.6) is 0 Å². The minimum absolute atomic E-state index is 0.248. The number of aryl methyl sites for hydroxylation is 2. The van der Waals surface area contributed by atoms with Gasteiger partial charge in [0.25, 0.3) is 0 Å². The predicted octanol–water partition coefficient (Wildman–Crippen LogP) is 1.44. The zero-order valence-corrected chi connectivity index (χ0v) is 12.6. The molecule has 6 nitrogen and oxygen atoms in total. The lowest BCUT2D eigenvalue weighted by atomic mass is 10.2. The van der Waals surface area contributed by atoms with E-state index < -0.39 is 0 Å². The Morgan fingerprint density at radius 1 is 1.14 bits per heavy atom. The molecule has 0 spiro atoms. The van der Waals surface area contributed by atoms with Crippen LogP contribution in [0.1, 0.15) is 11.4 Å². The number of nitrogens with zero attached hydrogens (tertiary/aromatic N) is 5. The number of benzene rings is 1. The van der Waals surface area contributed by atoms with Gasteiger partial charge >= 0.3 is 0 Å². The van der Waals surface area contributed by atoms with Crippen LogP contribution in [0.4, 0.5) is 10.2 Å². The SMILES string of the molecule is Cc1nc2c(N3CCNCC3)nc3cc(F)c(C)cc3n2n1. The van der Waals surface area contributed by atoms with Crippen LogP contribution in [0.3, 0.4) is 0 Å². The highest BCUT2D eigenvalue weighted by atomic mass is 19.1. The first-order chi connectivity index (χ1) is 10.6. The molecule has 114 valence electrons. The van der Waals surface area contributed by atoms with Crippen molar-refractivity contribution in [2.75, 3.05) is 31.1 Å². The van der Waals surface area contributed by atoms with Gasteiger partial charge in [-0.1, -0.05) is 0 Å². The normalized spacial score (nSPS) is 15.9. The molecular formula is C15H17FN6. The molecule has 0 radical (unpaired) electrons. The van der Waals surface area contributed by atoms with Crippen molar-refractivity contribution < 1.29 is 4.39 Å². The van der Waals surface area contributed by atoms with E-state index in [1.54, 1.807) is 17.5 Å². The molecule has 4 rings (SSSR count). The number of aromatic nitrogens is 4. The van der Waals surface area contributed by atoms with E-state index in [-0.39, 0.29) is 5.82 Å². The highest BCUT2D eigenvalue weighted by molar-refractivity contribution is 5.83. The van der Waals surface area contributed by atoms with Gasteiger partial charge in [-0.2, -0.15) is 5.10 Å². The quantitative estimate of drug-likeness (QED) is 0.737. The summed E-state index contributed by atoms with van der Waals surface area (Å²) in [6.07, 6.45) is 0. The number of rotatable bonds is 1. The van der Waals surface area contributed by atoms with Crippen LogP contribution in [-0.4, -0.2) is 45.8 Å². The van der Waals surface area contributed by atoms with Gasteiger partial charge in [0.05, 0.1) is 11.0 Å². The topological polar surface area (TPSA) is 58.4 Å². The Morgan fingerprint density at radius 3 is 2.68 bits per heavy atom. The number of hydrogen-bond acceptors (Lipinski definition) is 5. The standard InChI is InChI=1S/C15H17FN6/c1-9-7-13-12(8-11(9)16)19-14(21-5-3-17-4-6-21)15-18-10(2)20-22(13)15/h7-8,17H,3-6H2,1-2H3. The van der Waals surface area contributed by atoms with Gasteiger partial charge in [0.2, 0.25) is 0 Å². The summed E-state index contributed by atoms with van der Waals surface area (Å²) in [4.78, 5) is 11.4. The molecule has 0 saturated carbocycles. The summed E-state index contributed by atoms with van der Waals surface area (Å²) in [5.41, 5.74) is 2.71. The van der Waals surface area contributed by atoms with E-state index in [2.05, 4.69) is 25.3 Å². The number of nitrogens with one attached hydrogen (secondary N) is 1. The molecule has 0 atom stereocenters. The summed E-state index contributed by atoms with van der Waals surface area (Å²) in [5, 5.41) is 7.79. The minimum Gasteiger partial charge on any atom is -0.351 e. The van der Waals surface area contributed by atoms with Crippen molar-refractivity contribution in [3.8, 4) is 0 Å². The maximum absolute atomic E-state index is 13.9. The van der Waals surface area contributed by atoms with E-state index in [9.17, 15) is 4.39 Å². The molecule has 3 aromatic rings. The molecule has 0 amide bonds. The molecule has 1 N–H and O–H groups in total. The number of halogens is 1. The van der Waals surface area contributed by atoms with Crippen LogP contribution in [-0.2, 0) is 0 Å². The molecule has 0 unspecified atom stereocenters. The molecule has 1 aliphatic heterocycles. The van der Waals surface area contributed by atoms with Crippen LogP contribution in [0.2, 0.25) is 0 Å². The first-order valence-corrected chi connectivity index (χ1v) is 7.42. The molecule has 3 heterocycles. The third-order valence-electron chi connectivity index (χ3n) is 4.04. The number of fused-ring (bicyclic) bond motifs is 3. The zero-order chi connectivity index (χ0) is 15.3. The molecular weight excluding hydrogens is 283 g/mol. The summed E-state index contributed by atoms with van der Waals surface area (Å²) in [7, 11) is 0. The third kappa shape index (κ3) is 2.00. The Hall–Kier alpha value is -2.28. The maximum Gasteiger partial charge on any atom is 0.199 e. The van der Waals surface area contributed by atoms with Gasteiger partial charge < -0.3 is 10.2 Å². The Labute approximate surface area is 127 Å². The van der Waals surface area contributed by atoms with Gasteiger partial charge in [-0.3, -0.25) is 0 Å². The van der Waals surface area contributed by atoms with Gasteiger partial charge in [0.1, 0.15) is 11.6 Å². The second-order valence-electron chi connectivity index (χ2n) is 5.66. The van der Waals surface area contributed by atoms with Crippen molar-refractivity contribution in [1.82, 2.24) is 24.9 Å². The Balaban J connectivity index is 2.03. The zero-order valence-electron chi connectivity index (χ0n) is 12.6. The fourth-order valence-corrected chi connectivity index (χ4v) is 2.90. The van der Waals surface area contributed by atoms with Gasteiger partial charge in [0, 0.05) is 32.2 Å². The summed E-state index contributed by atoms with van der Waals surface area (Å²) < 4.78 is 15.7. The first kappa shape index (κ1) is 13.4. The van der Waals surface area contributed by atoms with Crippen LogP contribution < -0.4 is 10.2 Å². The van der Waals surface area contributed by atoms with Crippen LogP contribution in [0.15, 0.2) is 12.1 Å². The number of anilines is 1. The molecule has 1 aromatic carbocycles. The molecule has 1 aliphatic rings. The van der Waals surface area contributed by atoms with E-state index in [0.29, 0.717) is 16.9 Å². The van der Waals surface area contributed by atoms with E-state index in [4.69, 9.17) is 0 Å². The predicted molar refractivity (Wildman–Crippen MR) is 82.8 cm³/mol. The van der Waals surface area contributed by atoms with Crippen molar-refractivity contribution in [3.05, 3.63) is 29.3 Å². The fourth-order valence-electron chi connectivity index (χ4n) is 2.90. The Morgan fingerprint density at radius 2 is 1.91 bits per heavy atom. The van der Waals surface area contributed by atoms with Gasteiger partial charge in [0.15, 0.2) is 11.5 Å². The molecule has 1 fully saturated rings. The lowest BCUT2D eigenvalue weighted by molar-refractivity contribution is 0.585. The first-order valence-electron chi connectivity index (χ1n) is 7.42. The average molecular weight is 300 g/mol. The minimum atomic E-state index is -0.248. The summed E-state index contributed by atoms with van der Waals surface area (Å²) in [5.74, 6) is 1.22. The summed E-state index contributed by atoms with van der Waals surface area (Å²) >= 11 is 0. The van der Waals surface area contributed by atoms with Crippen molar-refractivity contribution in [3.63, 3.8) is 0 Å². The van der Waals surface area contributed by atoms with Gasteiger partial charge in [-0.15, -0.1) is 0 Å². The number of piperazine rings is 1. The van der Waals surface area contributed by atoms with Crippen molar-refractivity contribution >= 4 is 22.5 Å². The molecule has 0 bridgehead atoms. The van der Waals surface area contributed by atoms with Crippen LogP contribution in [0.25, 0.3) is 16.7 Å². The second kappa shape index (κ2) is 4.88. The average Bonchev–Trinajstić information content (AvgIpc) is 2.91. The highest BCUT2D eigenvalue weighted by Crippen LogP contribution is 2.25. The van der Waals surface area contributed by atoms with Crippen molar-refractivity contribution in [1.29, 1.82) is 0 Å². The lowest BCUT2D eigenvalue weighted by Gasteiger charge is -2.28. The molecule has 22 heavy (non-hydrogen) atoms. The third-order valence-corrected chi connectivity index (χ3v) is 4.04.